The number of halogens is 5. The van der Waals surface area contributed by atoms with Gasteiger partial charge in [-0.3, -0.25) is 0 Å². The van der Waals surface area contributed by atoms with Crippen LogP contribution in [0.5, 0.6) is 0 Å². The lowest BCUT2D eigenvalue weighted by atomic mass is 10.1. The first-order valence-corrected chi connectivity index (χ1v) is 5.25. The molecule has 1 nitrogen and oxygen atoms in total. The molecule has 96 valence electrons. The van der Waals surface area contributed by atoms with Crippen LogP contribution in [-0.2, 0) is 18.4 Å². The van der Waals surface area contributed by atoms with Crippen molar-refractivity contribution >= 4 is 9.24 Å². The maximum atomic E-state index is 13.0. The SMILES string of the molecule is CNCc1cc(C(F)(F)F)cc(C(F)(F)P)c1. The van der Waals surface area contributed by atoms with E-state index in [1.165, 1.54) is 16.3 Å². The molecule has 0 radical (unpaired) electrons. The molecule has 0 spiro atoms. The van der Waals surface area contributed by atoms with Crippen LogP contribution in [0.15, 0.2) is 18.2 Å². The van der Waals surface area contributed by atoms with Crippen LogP contribution in [0.4, 0.5) is 22.0 Å². The minimum atomic E-state index is -4.63. The predicted octanol–water partition coefficient (Wildman–Crippen LogP) is 3.35. The zero-order chi connectivity index (χ0) is 13.3. The maximum absolute atomic E-state index is 13.0. The van der Waals surface area contributed by atoms with Crippen molar-refractivity contribution in [2.24, 2.45) is 0 Å². The molecule has 1 rings (SSSR count). The number of hydrogen-bond acceptors (Lipinski definition) is 1. The van der Waals surface area contributed by atoms with Gasteiger partial charge in [0, 0.05) is 12.1 Å². The van der Waals surface area contributed by atoms with Crippen LogP contribution < -0.4 is 5.32 Å². The molecule has 0 bridgehead atoms. The molecule has 1 aromatic carbocycles. The highest BCUT2D eigenvalue weighted by Crippen LogP contribution is 2.39. The molecule has 17 heavy (non-hydrogen) atoms. The third-order valence-electron chi connectivity index (χ3n) is 2.09. The fraction of sp³-hybridized carbons (Fsp3) is 0.400. The predicted molar refractivity (Wildman–Crippen MR) is 57.8 cm³/mol. The summed E-state index contributed by atoms with van der Waals surface area (Å²) in [6.07, 6.45) is -4.63. The molecule has 0 aliphatic heterocycles. The average molecular weight is 271 g/mol. The minimum Gasteiger partial charge on any atom is -0.316 e. The summed E-state index contributed by atoms with van der Waals surface area (Å²) in [5.74, 6) is 0. The van der Waals surface area contributed by atoms with E-state index in [2.05, 4.69) is 5.32 Å². The van der Waals surface area contributed by atoms with E-state index in [4.69, 9.17) is 0 Å². The van der Waals surface area contributed by atoms with Crippen molar-refractivity contribution in [2.75, 3.05) is 7.05 Å². The summed E-state index contributed by atoms with van der Waals surface area (Å²) in [4.78, 5) is 0. The van der Waals surface area contributed by atoms with E-state index < -0.39 is 23.0 Å². The molecule has 0 fully saturated rings. The Morgan fingerprint density at radius 1 is 1.06 bits per heavy atom. The second kappa shape index (κ2) is 4.86. The molecule has 1 N–H and O–H groups in total. The van der Waals surface area contributed by atoms with Crippen LogP contribution in [-0.4, -0.2) is 7.05 Å². The van der Waals surface area contributed by atoms with Gasteiger partial charge in [0.15, 0.2) is 0 Å². The number of hydrogen-bond donors (Lipinski definition) is 1. The van der Waals surface area contributed by atoms with E-state index in [1.54, 1.807) is 0 Å². The van der Waals surface area contributed by atoms with Gasteiger partial charge in [-0.25, -0.2) is 0 Å². The molecule has 0 amide bonds. The Hall–Kier alpha value is -0.740. The highest BCUT2D eigenvalue weighted by atomic mass is 31.0. The van der Waals surface area contributed by atoms with Gasteiger partial charge in [0.1, 0.15) is 0 Å². The third-order valence-corrected chi connectivity index (χ3v) is 2.42. The molecule has 1 aromatic rings. The largest absolute Gasteiger partial charge is 0.416 e. The number of nitrogens with one attached hydrogen (secondary N) is 1. The Morgan fingerprint density at radius 2 is 1.59 bits per heavy atom. The molecule has 0 saturated carbocycles. The van der Waals surface area contributed by atoms with Crippen LogP contribution in [0.3, 0.4) is 0 Å². The van der Waals surface area contributed by atoms with Crippen LogP contribution in [0.25, 0.3) is 0 Å². The Labute approximate surface area is 97.6 Å². The molecule has 0 aromatic heterocycles. The van der Waals surface area contributed by atoms with Gasteiger partial charge in [0.2, 0.25) is 0 Å². The molecule has 1 unspecified atom stereocenters. The van der Waals surface area contributed by atoms with Gasteiger partial charge in [0.05, 0.1) is 5.56 Å². The van der Waals surface area contributed by atoms with E-state index >= 15 is 0 Å². The van der Waals surface area contributed by atoms with Crippen LogP contribution in [0, 0.1) is 0 Å². The first kappa shape index (κ1) is 14.3. The molecule has 0 heterocycles. The van der Waals surface area contributed by atoms with Crippen molar-refractivity contribution < 1.29 is 22.0 Å². The van der Waals surface area contributed by atoms with Gasteiger partial charge in [-0.05, 0) is 30.8 Å². The number of alkyl halides is 5. The second-order valence-electron chi connectivity index (χ2n) is 3.57. The smallest absolute Gasteiger partial charge is 0.316 e. The van der Waals surface area contributed by atoms with Crippen molar-refractivity contribution in [1.82, 2.24) is 5.32 Å². The lowest BCUT2D eigenvalue weighted by Crippen LogP contribution is -2.13. The minimum absolute atomic E-state index is 0.0949. The fourth-order valence-corrected chi connectivity index (χ4v) is 1.52. The lowest BCUT2D eigenvalue weighted by molar-refractivity contribution is -0.137. The number of benzene rings is 1. The Morgan fingerprint density at radius 3 is 2.00 bits per heavy atom. The Bertz CT molecular complexity index is 364. The summed E-state index contributed by atoms with van der Waals surface area (Å²) in [7, 11) is 2.76. The van der Waals surface area contributed by atoms with Crippen molar-refractivity contribution in [3.05, 3.63) is 34.9 Å². The average Bonchev–Trinajstić information content (AvgIpc) is 2.15. The third kappa shape index (κ3) is 3.89. The van der Waals surface area contributed by atoms with Gasteiger partial charge in [-0.15, -0.1) is 0 Å². The Balaban J connectivity index is 3.29. The quantitative estimate of drug-likeness (QED) is 0.656. The summed E-state index contributed by atoms with van der Waals surface area (Å²) in [6.45, 7) is 0.0949. The van der Waals surface area contributed by atoms with Crippen LogP contribution in [0.2, 0.25) is 0 Å². The van der Waals surface area contributed by atoms with Crippen molar-refractivity contribution in [2.45, 2.75) is 18.4 Å². The van der Waals surface area contributed by atoms with E-state index in [9.17, 15) is 22.0 Å². The van der Waals surface area contributed by atoms with Gasteiger partial charge in [-0.1, -0.05) is 9.24 Å². The van der Waals surface area contributed by atoms with Crippen molar-refractivity contribution in [3.8, 4) is 0 Å². The van der Waals surface area contributed by atoms with E-state index in [-0.39, 0.29) is 12.1 Å². The Kier molecular flexibility index (Phi) is 4.10. The van der Waals surface area contributed by atoms with Crippen LogP contribution in [0.1, 0.15) is 16.7 Å². The molecule has 0 aliphatic rings. The topological polar surface area (TPSA) is 12.0 Å². The van der Waals surface area contributed by atoms with Gasteiger partial charge < -0.3 is 5.32 Å². The molecule has 0 saturated heterocycles. The van der Waals surface area contributed by atoms with Gasteiger partial charge in [-0.2, -0.15) is 22.0 Å². The van der Waals surface area contributed by atoms with E-state index in [0.717, 1.165) is 12.1 Å². The zero-order valence-electron chi connectivity index (χ0n) is 8.91. The second-order valence-corrected chi connectivity index (χ2v) is 4.29. The standard InChI is InChI=1S/C10H11F5NP/c1-16-5-6-2-7(9(11,12)13)4-8(3-6)10(14,15)17/h2-4,16H,5,17H2,1H3. The monoisotopic (exact) mass is 271 g/mol. The van der Waals surface area contributed by atoms with Crippen molar-refractivity contribution in [1.29, 1.82) is 0 Å². The summed E-state index contributed by atoms with van der Waals surface area (Å²) in [6, 6.07) is 2.38. The van der Waals surface area contributed by atoms with Crippen LogP contribution >= 0.6 is 9.24 Å². The molecule has 1 atom stereocenters. The number of rotatable bonds is 3. The van der Waals surface area contributed by atoms with E-state index in [0.29, 0.717) is 6.07 Å². The summed E-state index contributed by atoms with van der Waals surface area (Å²) >= 11 is 0. The lowest BCUT2D eigenvalue weighted by Gasteiger charge is -2.16. The van der Waals surface area contributed by atoms with E-state index in [1.807, 2.05) is 0 Å². The zero-order valence-corrected chi connectivity index (χ0v) is 10.1. The maximum Gasteiger partial charge on any atom is 0.416 e. The molecule has 7 heteroatoms. The summed E-state index contributed by atoms with van der Waals surface area (Å²) in [5.41, 5.74) is -4.94. The normalized spacial score (nSPS) is 12.9. The highest BCUT2D eigenvalue weighted by molar-refractivity contribution is 7.17. The first-order chi connectivity index (χ1) is 7.64. The van der Waals surface area contributed by atoms with Crippen molar-refractivity contribution in [3.63, 3.8) is 0 Å². The molecule has 0 aliphatic carbocycles. The molecular formula is C10H11F5NP. The molecular weight excluding hydrogens is 260 g/mol. The van der Waals surface area contributed by atoms with Gasteiger partial charge in [0.25, 0.3) is 5.66 Å². The first-order valence-electron chi connectivity index (χ1n) is 4.67. The summed E-state index contributed by atoms with van der Waals surface area (Å²) < 4.78 is 63.5. The fourth-order valence-electron chi connectivity index (χ4n) is 1.35. The highest BCUT2D eigenvalue weighted by Gasteiger charge is 2.34. The van der Waals surface area contributed by atoms with Gasteiger partial charge >= 0.3 is 6.18 Å². The summed E-state index contributed by atoms with van der Waals surface area (Å²) in [5, 5.41) is 2.62.